The lowest BCUT2D eigenvalue weighted by atomic mass is 10.0. The fourth-order valence-corrected chi connectivity index (χ4v) is 7.11. The van der Waals surface area contributed by atoms with Crippen molar-refractivity contribution >= 4 is 13.6 Å². The summed E-state index contributed by atoms with van der Waals surface area (Å²) in [6, 6.07) is 0. The number of aliphatic hydroxyl groups excluding tert-OH is 1. The summed E-state index contributed by atoms with van der Waals surface area (Å²) >= 11 is 0. The summed E-state index contributed by atoms with van der Waals surface area (Å²) in [5.41, 5.74) is 0. The number of ether oxygens (including phenoxy) is 1. The summed E-state index contributed by atoms with van der Waals surface area (Å²) in [7, 11) is 1.03. The van der Waals surface area contributed by atoms with E-state index in [1.807, 2.05) is 21.1 Å². The van der Waals surface area contributed by atoms with Gasteiger partial charge in [-0.25, -0.2) is 0 Å². The van der Waals surface area contributed by atoms with Crippen LogP contribution in [0.1, 0.15) is 194 Å². The molecule has 0 aromatic carbocycles. The fraction of sp³-hybridized carbons (Fsp3) is 0.929. The number of rotatable bonds is 40. The minimum Gasteiger partial charge on any atom is -0.756 e. The molecule has 8 nitrogen and oxygen atoms in total. The van der Waals surface area contributed by atoms with E-state index in [4.69, 9.17) is 13.8 Å². The molecule has 0 saturated heterocycles. The molecule has 0 amide bonds. The van der Waals surface area contributed by atoms with Crippen molar-refractivity contribution in [1.82, 2.24) is 0 Å². The lowest BCUT2D eigenvalue weighted by molar-refractivity contribution is -0.870. The Kier molecular flexibility index (Phi) is 34.7. The van der Waals surface area contributed by atoms with Gasteiger partial charge in [-0.15, -0.1) is 0 Å². The zero-order valence-corrected chi connectivity index (χ0v) is 35.1. The first-order valence-electron chi connectivity index (χ1n) is 21.4. The van der Waals surface area contributed by atoms with Crippen molar-refractivity contribution in [2.75, 3.05) is 47.5 Å². The van der Waals surface area contributed by atoms with Crippen LogP contribution in [-0.2, 0) is 23.1 Å². The molecule has 0 spiro atoms. The molecule has 304 valence electrons. The number of quaternary nitrogens is 1. The second-order valence-electron chi connectivity index (χ2n) is 15.8. The SMILES string of the molecule is CCCCCCCC/C=C\CCCCCCCCO[C@@H](CO)C(OP(=O)([O-])OCC[N+](C)(C)C)C(=O)CCCCCCCCCCCCCCC. The summed E-state index contributed by atoms with van der Waals surface area (Å²) < 4.78 is 29.6. The summed E-state index contributed by atoms with van der Waals surface area (Å²) in [5, 5.41) is 10.1. The first kappa shape index (κ1) is 50.4. The van der Waals surface area contributed by atoms with E-state index in [2.05, 4.69) is 26.0 Å². The second kappa shape index (κ2) is 35.1. The molecule has 0 aliphatic rings. The van der Waals surface area contributed by atoms with Crippen LogP contribution in [0, 0.1) is 0 Å². The summed E-state index contributed by atoms with van der Waals surface area (Å²) in [5.74, 6) is -0.357. The first-order chi connectivity index (χ1) is 24.6. The highest BCUT2D eigenvalue weighted by molar-refractivity contribution is 7.45. The van der Waals surface area contributed by atoms with Crippen LogP contribution < -0.4 is 4.89 Å². The van der Waals surface area contributed by atoms with Gasteiger partial charge in [-0.1, -0.05) is 161 Å². The van der Waals surface area contributed by atoms with Crippen molar-refractivity contribution in [1.29, 1.82) is 0 Å². The molecule has 0 rings (SSSR count). The van der Waals surface area contributed by atoms with Crippen LogP contribution in [-0.4, -0.2) is 75.1 Å². The van der Waals surface area contributed by atoms with Crippen molar-refractivity contribution in [3.63, 3.8) is 0 Å². The molecule has 0 bridgehead atoms. The number of nitrogens with zero attached hydrogens (tertiary/aromatic N) is 1. The Balaban J connectivity index is 4.51. The Morgan fingerprint density at radius 1 is 0.647 bits per heavy atom. The van der Waals surface area contributed by atoms with Gasteiger partial charge in [-0.3, -0.25) is 9.36 Å². The lowest BCUT2D eigenvalue weighted by Gasteiger charge is -2.32. The lowest BCUT2D eigenvalue weighted by Crippen LogP contribution is -2.42. The predicted molar refractivity (Wildman–Crippen MR) is 213 cm³/mol. The molecule has 1 N–H and O–H groups in total. The van der Waals surface area contributed by atoms with Crippen molar-refractivity contribution in [3.05, 3.63) is 12.2 Å². The molecule has 0 heterocycles. The molecule has 3 atom stereocenters. The Hall–Kier alpha value is -0.600. The van der Waals surface area contributed by atoms with Gasteiger partial charge in [-0.2, -0.15) is 0 Å². The number of aliphatic hydroxyl groups is 1. The number of carbonyl (C=O) groups is 1. The number of ketones is 1. The van der Waals surface area contributed by atoms with E-state index in [-0.39, 0.29) is 18.8 Å². The standard InChI is InChI=1S/C42H84NO7P/c1-6-8-10-12-14-16-18-20-21-22-24-26-28-30-32-34-37-48-41(39-44)42(50-51(46,47)49-38-36-43(3,4)5)40(45)35-33-31-29-27-25-23-19-17-15-13-11-9-7-2/h20-21,41-42,44H,6-19,22-39H2,1-5H3/b21-20-/t41-,42?/m0/s1. The van der Waals surface area contributed by atoms with Gasteiger partial charge in [0.25, 0.3) is 7.82 Å². The quantitative estimate of drug-likeness (QED) is 0.0288. The number of hydrogen-bond acceptors (Lipinski definition) is 7. The van der Waals surface area contributed by atoms with Crippen molar-refractivity contribution in [3.8, 4) is 0 Å². The van der Waals surface area contributed by atoms with Crippen LogP contribution in [0.3, 0.4) is 0 Å². The van der Waals surface area contributed by atoms with Crippen molar-refractivity contribution in [2.45, 2.75) is 206 Å². The minimum atomic E-state index is -4.78. The maximum Gasteiger partial charge on any atom is 0.268 e. The predicted octanol–water partition coefficient (Wildman–Crippen LogP) is 11.0. The molecule has 51 heavy (non-hydrogen) atoms. The number of likely N-dealkylation sites (N-methyl/N-ethyl adjacent to an activating group) is 1. The van der Waals surface area contributed by atoms with Crippen LogP contribution in [0.5, 0.6) is 0 Å². The maximum absolute atomic E-state index is 13.3. The van der Waals surface area contributed by atoms with Gasteiger partial charge < -0.3 is 28.3 Å². The van der Waals surface area contributed by atoms with Crippen LogP contribution in [0.25, 0.3) is 0 Å². The maximum atomic E-state index is 13.3. The Morgan fingerprint density at radius 2 is 1.06 bits per heavy atom. The molecule has 0 aliphatic heterocycles. The van der Waals surface area contributed by atoms with Crippen LogP contribution in [0.15, 0.2) is 12.2 Å². The third-order valence-corrected chi connectivity index (χ3v) is 10.6. The van der Waals surface area contributed by atoms with Gasteiger partial charge in [0.2, 0.25) is 0 Å². The molecule has 9 heteroatoms. The number of carbonyl (C=O) groups excluding carboxylic acids is 1. The van der Waals surface area contributed by atoms with Gasteiger partial charge in [-0.05, 0) is 38.5 Å². The normalized spacial score (nSPS) is 14.6. The number of unbranched alkanes of at least 4 members (excludes halogenated alkanes) is 24. The Bertz CT molecular complexity index is 848. The molecule has 2 unspecified atom stereocenters. The third-order valence-electron chi connectivity index (χ3n) is 9.60. The molecule has 0 aromatic heterocycles. The smallest absolute Gasteiger partial charge is 0.268 e. The Labute approximate surface area is 316 Å². The van der Waals surface area contributed by atoms with Gasteiger partial charge in [0, 0.05) is 13.0 Å². The second-order valence-corrected chi connectivity index (χ2v) is 17.2. The number of phosphoric ester groups is 1. The van der Waals surface area contributed by atoms with Gasteiger partial charge >= 0.3 is 0 Å². The van der Waals surface area contributed by atoms with E-state index < -0.39 is 26.6 Å². The average Bonchev–Trinajstić information content (AvgIpc) is 3.08. The highest BCUT2D eigenvalue weighted by Gasteiger charge is 2.33. The number of allylic oxidation sites excluding steroid dienone is 2. The molecular formula is C42H84NO7P. The summed E-state index contributed by atoms with van der Waals surface area (Å²) in [4.78, 5) is 26.1. The van der Waals surface area contributed by atoms with Crippen molar-refractivity contribution in [2.24, 2.45) is 0 Å². The largest absolute Gasteiger partial charge is 0.756 e. The van der Waals surface area contributed by atoms with Gasteiger partial charge in [0.1, 0.15) is 19.3 Å². The minimum absolute atomic E-state index is 0.0514. The number of hydrogen-bond donors (Lipinski definition) is 1. The van der Waals surface area contributed by atoms with Crippen molar-refractivity contribution < 1.29 is 37.6 Å². The van der Waals surface area contributed by atoms with Crippen LogP contribution >= 0.6 is 7.82 Å². The molecule has 0 fully saturated rings. The summed E-state index contributed by atoms with van der Waals surface area (Å²) in [6.45, 7) is 4.75. The average molecular weight is 746 g/mol. The number of phosphoric acid groups is 1. The molecule has 0 radical (unpaired) electrons. The van der Waals surface area contributed by atoms with E-state index in [1.54, 1.807) is 0 Å². The third kappa shape index (κ3) is 34.9. The first-order valence-corrected chi connectivity index (χ1v) is 22.9. The van der Waals surface area contributed by atoms with E-state index >= 15 is 0 Å². The summed E-state index contributed by atoms with van der Waals surface area (Å²) in [6.07, 6.45) is 34.9. The topological polar surface area (TPSA) is 105 Å². The molecule has 0 aromatic rings. The highest BCUT2D eigenvalue weighted by atomic mass is 31.2. The monoisotopic (exact) mass is 746 g/mol. The zero-order valence-electron chi connectivity index (χ0n) is 34.2. The fourth-order valence-electron chi connectivity index (χ4n) is 6.21. The number of Topliss-reactive ketones (excluding diaryl/α,β-unsaturated/α-hetero) is 1. The van der Waals surface area contributed by atoms with E-state index in [9.17, 15) is 19.4 Å². The zero-order chi connectivity index (χ0) is 37.9. The van der Waals surface area contributed by atoms with Gasteiger partial charge in [0.05, 0.1) is 27.7 Å². The van der Waals surface area contributed by atoms with E-state index in [1.165, 1.54) is 122 Å². The molecule has 0 saturated carbocycles. The Morgan fingerprint density at radius 3 is 1.49 bits per heavy atom. The highest BCUT2D eigenvalue weighted by Crippen LogP contribution is 2.41. The van der Waals surface area contributed by atoms with Gasteiger partial charge in [0.15, 0.2) is 11.9 Å². The van der Waals surface area contributed by atoms with Crippen LogP contribution in [0.4, 0.5) is 0 Å². The van der Waals surface area contributed by atoms with Crippen LogP contribution in [0.2, 0.25) is 0 Å². The van der Waals surface area contributed by atoms with E-state index in [0.717, 1.165) is 44.9 Å². The molecular weight excluding hydrogens is 661 g/mol. The molecule has 0 aliphatic carbocycles. The van der Waals surface area contributed by atoms with E-state index in [0.29, 0.717) is 24.1 Å².